The Morgan fingerprint density at radius 3 is 2.70 bits per heavy atom. The maximum absolute atomic E-state index is 12.9. The van der Waals surface area contributed by atoms with E-state index < -0.39 is 17.1 Å². The number of carboxylic acid groups (broad SMARTS) is 1. The Kier molecular flexibility index (Phi) is 5.35. The molecule has 2 amide bonds. The molecule has 8 nitrogen and oxygen atoms in total. The van der Waals surface area contributed by atoms with Crippen LogP contribution in [0.3, 0.4) is 0 Å². The Morgan fingerprint density at radius 2 is 1.91 bits per heavy atom. The Balaban J connectivity index is 1.36. The average molecular weight is 484 g/mol. The van der Waals surface area contributed by atoms with Crippen LogP contribution in [0.4, 0.5) is 4.79 Å². The number of carboxylic acids is 1. The summed E-state index contributed by atoms with van der Waals surface area (Å²) >= 11 is 7.08. The van der Waals surface area contributed by atoms with Crippen molar-refractivity contribution in [3.05, 3.63) is 75.3 Å². The molecule has 1 fully saturated rings. The molecule has 3 heterocycles. The minimum absolute atomic E-state index is 0.0110. The van der Waals surface area contributed by atoms with Gasteiger partial charge in [0.1, 0.15) is 11.5 Å². The number of benzene rings is 2. The summed E-state index contributed by atoms with van der Waals surface area (Å²) in [5, 5.41) is 9.09. The summed E-state index contributed by atoms with van der Waals surface area (Å²) in [5.74, 6) is 0.310. The van der Waals surface area contributed by atoms with Crippen LogP contribution < -0.4 is 9.47 Å². The van der Waals surface area contributed by atoms with Crippen LogP contribution in [0.2, 0.25) is 5.02 Å². The van der Waals surface area contributed by atoms with Gasteiger partial charge in [0.05, 0.1) is 17.0 Å². The molecular weight excluding hydrogens is 470 g/mol. The van der Waals surface area contributed by atoms with Crippen LogP contribution in [0.25, 0.3) is 17.4 Å². The van der Waals surface area contributed by atoms with Gasteiger partial charge in [-0.1, -0.05) is 23.7 Å². The molecule has 3 aromatic rings. The van der Waals surface area contributed by atoms with Gasteiger partial charge in [-0.2, -0.15) is 0 Å². The van der Waals surface area contributed by atoms with Crippen LogP contribution in [0.1, 0.15) is 21.7 Å². The van der Waals surface area contributed by atoms with Crippen molar-refractivity contribution < 1.29 is 33.4 Å². The standard InChI is InChI=1S/C23H14ClNO7S/c24-16-9-19-18(30-11-31-19)7-14(16)10-25-21(26)20(33-23(25)29)8-15-4-5-17(32-15)12-2-1-3-13(6-12)22(27)28/h1-9H,10-11H2,(H,27,28)/b20-8-. The minimum Gasteiger partial charge on any atom is -0.478 e. The van der Waals surface area contributed by atoms with E-state index in [0.717, 1.165) is 16.7 Å². The van der Waals surface area contributed by atoms with E-state index in [-0.39, 0.29) is 23.8 Å². The lowest BCUT2D eigenvalue weighted by molar-refractivity contribution is -0.123. The highest BCUT2D eigenvalue weighted by Gasteiger charge is 2.36. The fourth-order valence-corrected chi connectivity index (χ4v) is 4.44. The number of halogens is 1. The van der Waals surface area contributed by atoms with Crippen LogP contribution in [-0.4, -0.2) is 33.9 Å². The summed E-state index contributed by atoms with van der Waals surface area (Å²) in [4.78, 5) is 37.9. The molecule has 5 rings (SSSR count). The number of aromatic carboxylic acids is 1. The molecule has 1 N–H and O–H groups in total. The van der Waals surface area contributed by atoms with E-state index in [1.165, 1.54) is 18.2 Å². The zero-order chi connectivity index (χ0) is 23.1. The largest absolute Gasteiger partial charge is 0.478 e. The normalized spacial score (nSPS) is 16.2. The topological polar surface area (TPSA) is 106 Å². The number of nitrogens with zero attached hydrogens (tertiary/aromatic N) is 1. The number of amides is 2. The minimum atomic E-state index is -1.04. The SMILES string of the molecule is O=C(O)c1cccc(-c2ccc(/C=C3\SC(=O)N(Cc4cc5c(cc4Cl)OCO5)C3=O)o2)c1. The predicted molar refractivity (Wildman–Crippen MR) is 120 cm³/mol. The van der Waals surface area contributed by atoms with Gasteiger partial charge in [-0.3, -0.25) is 14.5 Å². The molecule has 1 saturated heterocycles. The summed E-state index contributed by atoms with van der Waals surface area (Å²) in [6.45, 7) is 0.0774. The van der Waals surface area contributed by atoms with Crippen LogP contribution in [0.15, 0.2) is 57.9 Å². The summed E-state index contributed by atoms with van der Waals surface area (Å²) in [5.41, 5.74) is 1.27. The number of furan rings is 1. The van der Waals surface area contributed by atoms with Gasteiger partial charge < -0.3 is 19.0 Å². The predicted octanol–water partition coefficient (Wildman–Crippen LogP) is 5.26. The van der Waals surface area contributed by atoms with Gasteiger partial charge >= 0.3 is 5.97 Å². The van der Waals surface area contributed by atoms with Gasteiger partial charge in [0.15, 0.2) is 11.5 Å². The molecule has 2 aromatic carbocycles. The quantitative estimate of drug-likeness (QED) is 0.489. The molecule has 10 heteroatoms. The van der Waals surface area contributed by atoms with Crippen molar-refractivity contribution >= 4 is 46.6 Å². The second-order valence-electron chi connectivity index (χ2n) is 7.15. The van der Waals surface area contributed by atoms with Crippen molar-refractivity contribution in [3.8, 4) is 22.8 Å². The van der Waals surface area contributed by atoms with E-state index >= 15 is 0 Å². The summed E-state index contributed by atoms with van der Waals surface area (Å²) in [6.07, 6.45) is 1.48. The molecule has 0 unspecified atom stereocenters. The van der Waals surface area contributed by atoms with E-state index in [9.17, 15) is 14.4 Å². The lowest BCUT2D eigenvalue weighted by Crippen LogP contribution is -2.27. The molecule has 0 aliphatic carbocycles. The number of thioether (sulfide) groups is 1. The summed E-state index contributed by atoms with van der Waals surface area (Å²) in [6, 6.07) is 12.9. The van der Waals surface area contributed by atoms with E-state index in [1.807, 2.05) is 0 Å². The summed E-state index contributed by atoms with van der Waals surface area (Å²) < 4.78 is 16.4. The molecule has 0 radical (unpaired) electrons. The van der Waals surface area contributed by atoms with Crippen LogP contribution in [0.5, 0.6) is 11.5 Å². The Labute approximate surface area is 196 Å². The van der Waals surface area contributed by atoms with E-state index in [2.05, 4.69) is 0 Å². The Morgan fingerprint density at radius 1 is 1.12 bits per heavy atom. The third-order valence-corrected chi connectivity index (χ3v) is 6.30. The zero-order valence-electron chi connectivity index (χ0n) is 16.7. The molecule has 0 bridgehead atoms. The number of rotatable bonds is 5. The lowest BCUT2D eigenvalue weighted by atomic mass is 10.1. The number of imide groups is 1. The van der Waals surface area contributed by atoms with Crippen LogP contribution in [0, 0.1) is 0 Å². The Bertz CT molecular complexity index is 1350. The van der Waals surface area contributed by atoms with Gasteiger partial charge in [-0.25, -0.2) is 4.79 Å². The maximum atomic E-state index is 12.9. The number of hydrogen-bond donors (Lipinski definition) is 1. The number of ether oxygens (including phenoxy) is 2. The van der Waals surface area contributed by atoms with Gasteiger partial charge in [0.2, 0.25) is 6.79 Å². The third kappa shape index (κ3) is 4.08. The van der Waals surface area contributed by atoms with Gasteiger partial charge in [0.25, 0.3) is 11.1 Å². The number of carbonyl (C=O) groups excluding carboxylic acids is 2. The van der Waals surface area contributed by atoms with Crippen molar-refractivity contribution in [2.24, 2.45) is 0 Å². The van der Waals surface area contributed by atoms with E-state index in [0.29, 0.717) is 39.2 Å². The maximum Gasteiger partial charge on any atom is 0.335 e. The van der Waals surface area contributed by atoms with E-state index in [4.69, 9.17) is 30.6 Å². The fraction of sp³-hybridized carbons (Fsp3) is 0.0870. The van der Waals surface area contributed by atoms with Crippen LogP contribution >= 0.6 is 23.4 Å². The molecule has 0 saturated carbocycles. The van der Waals surface area contributed by atoms with E-state index in [1.54, 1.807) is 36.4 Å². The molecule has 2 aliphatic heterocycles. The van der Waals surface area contributed by atoms with Crippen molar-refractivity contribution in [1.82, 2.24) is 4.90 Å². The molecule has 0 atom stereocenters. The molecule has 0 spiro atoms. The first kappa shape index (κ1) is 21.2. The number of hydrogen-bond acceptors (Lipinski definition) is 7. The molecule has 166 valence electrons. The van der Waals surface area contributed by atoms with Gasteiger partial charge in [-0.05, 0) is 47.7 Å². The molecule has 33 heavy (non-hydrogen) atoms. The first-order chi connectivity index (χ1) is 15.9. The first-order valence-electron chi connectivity index (χ1n) is 9.66. The van der Waals surface area contributed by atoms with Crippen molar-refractivity contribution in [3.63, 3.8) is 0 Å². The van der Waals surface area contributed by atoms with Crippen molar-refractivity contribution in [1.29, 1.82) is 0 Å². The summed E-state index contributed by atoms with van der Waals surface area (Å²) in [7, 11) is 0. The van der Waals surface area contributed by atoms with Crippen molar-refractivity contribution in [2.75, 3.05) is 6.79 Å². The second kappa shape index (κ2) is 8.34. The highest BCUT2D eigenvalue weighted by atomic mass is 35.5. The van der Waals surface area contributed by atoms with Gasteiger partial charge in [-0.15, -0.1) is 0 Å². The number of carbonyl (C=O) groups is 3. The molecular formula is C23H14ClNO7S. The number of fused-ring (bicyclic) bond motifs is 1. The second-order valence-corrected chi connectivity index (χ2v) is 8.55. The van der Waals surface area contributed by atoms with Gasteiger partial charge in [0, 0.05) is 22.7 Å². The van der Waals surface area contributed by atoms with Crippen LogP contribution in [-0.2, 0) is 11.3 Å². The molecule has 2 aliphatic rings. The fourth-order valence-electron chi connectivity index (χ4n) is 3.41. The third-order valence-electron chi connectivity index (χ3n) is 5.04. The smallest absolute Gasteiger partial charge is 0.335 e. The highest BCUT2D eigenvalue weighted by Crippen LogP contribution is 2.39. The Hall–Kier alpha value is -3.69. The molecule has 1 aromatic heterocycles. The average Bonchev–Trinajstić information content (AvgIpc) is 3.51. The monoisotopic (exact) mass is 483 g/mol. The zero-order valence-corrected chi connectivity index (χ0v) is 18.3. The van der Waals surface area contributed by atoms with Crippen molar-refractivity contribution in [2.45, 2.75) is 6.54 Å². The lowest BCUT2D eigenvalue weighted by Gasteiger charge is -2.14. The highest BCUT2D eigenvalue weighted by molar-refractivity contribution is 8.18. The first-order valence-corrected chi connectivity index (χ1v) is 10.9.